The Morgan fingerprint density at radius 1 is 0.490 bits per heavy atom. The Labute approximate surface area is 296 Å². The van der Waals surface area contributed by atoms with Gasteiger partial charge in [-0.3, -0.25) is 4.98 Å². The number of fused-ring (bicyclic) bond motifs is 5. The second-order valence-electron chi connectivity index (χ2n) is 13.5. The van der Waals surface area contributed by atoms with Crippen LogP contribution < -0.4 is 0 Å². The minimum atomic E-state index is -0.276. The molecule has 0 saturated heterocycles. The van der Waals surface area contributed by atoms with Crippen molar-refractivity contribution < 1.29 is 0 Å². The van der Waals surface area contributed by atoms with Crippen molar-refractivity contribution in [3.8, 4) is 73.6 Å². The van der Waals surface area contributed by atoms with Crippen LogP contribution in [0.4, 0.5) is 0 Å². The first-order valence-corrected chi connectivity index (χ1v) is 17.0. The Morgan fingerprint density at radius 2 is 1.06 bits per heavy atom. The standard InChI is InChI=1S/C46H31N5/c1-46(2)41-26-31(19-20-38(41)40-25-36(27-47)37-17-9-10-18-39(37)42(40)46)33-22-34(32-16-11-21-48-28-32)24-35(23-33)45-50-43(29-12-5-3-6-13-29)49-44(51-45)30-14-7-4-8-15-30/h3-26,28H,1-2H3. The van der Waals surface area contributed by atoms with Gasteiger partial charge in [0.05, 0.1) is 11.6 Å². The van der Waals surface area contributed by atoms with Crippen LogP contribution >= 0.6 is 0 Å². The van der Waals surface area contributed by atoms with Crippen molar-refractivity contribution in [3.05, 3.63) is 169 Å². The zero-order chi connectivity index (χ0) is 34.5. The van der Waals surface area contributed by atoms with Gasteiger partial charge >= 0.3 is 0 Å². The maximum Gasteiger partial charge on any atom is 0.164 e. The van der Waals surface area contributed by atoms with Crippen LogP contribution in [0.5, 0.6) is 0 Å². The average molecular weight is 654 g/mol. The molecule has 1 aliphatic carbocycles. The fourth-order valence-electron chi connectivity index (χ4n) is 7.53. The van der Waals surface area contributed by atoms with Gasteiger partial charge in [0.25, 0.3) is 0 Å². The lowest BCUT2D eigenvalue weighted by Crippen LogP contribution is -2.15. The summed E-state index contributed by atoms with van der Waals surface area (Å²) in [6, 6.07) is 50.2. The van der Waals surface area contributed by atoms with Gasteiger partial charge in [-0.1, -0.05) is 117 Å². The molecule has 0 amide bonds. The van der Waals surface area contributed by atoms with E-state index >= 15 is 0 Å². The van der Waals surface area contributed by atoms with Crippen molar-refractivity contribution in [3.63, 3.8) is 0 Å². The second kappa shape index (κ2) is 12.0. The molecule has 2 heterocycles. The van der Waals surface area contributed by atoms with E-state index in [1.165, 1.54) is 16.7 Å². The Balaban J connectivity index is 1.24. The number of hydrogen-bond donors (Lipinski definition) is 0. The van der Waals surface area contributed by atoms with Gasteiger partial charge in [0.1, 0.15) is 0 Å². The number of hydrogen-bond acceptors (Lipinski definition) is 5. The average Bonchev–Trinajstić information content (AvgIpc) is 3.43. The highest BCUT2D eigenvalue weighted by atomic mass is 15.0. The first-order valence-electron chi connectivity index (χ1n) is 17.0. The summed E-state index contributed by atoms with van der Waals surface area (Å²) in [6.45, 7) is 4.58. The SMILES string of the molecule is CC1(C)c2cc(-c3cc(-c4cccnc4)cc(-c4nc(-c5ccccc5)nc(-c5ccccc5)n4)c3)ccc2-c2cc(C#N)c3ccccc3c21. The van der Waals surface area contributed by atoms with E-state index < -0.39 is 0 Å². The molecular weight excluding hydrogens is 623 g/mol. The lowest BCUT2D eigenvalue weighted by Gasteiger charge is -2.24. The normalized spacial score (nSPS) is 12.6. The molecule has 0 N–H and O–H groups in total. The van der Waals surface area contributed by atoms with Gasteiger partial charge in [0.15, 0.2) is 17.5 Å². The molecule has 2 aromatic heterocycles. The highest BCUT2D eigenvalue weighted by Crippen LogP contribution is 2.53. The summed E-state index contributed by atoms with van der Waals surface area (Å²) in [5.41, 5.74) is 12.1. The summed E-state index contributed by atoms with van der Waals surface area (Å²) in [5.74, 6) is 1.83. The fourth-order valence-corrected chi connectivity index (χ4v) is 7.53. The summed E-state index contributed by atoms with van der Waals surface area (Å²) in [4.78, 5) is 19.5. The van der Waals surface area contributed by atoms with Crippen LogP contribution in [0.25, 0.3) is 78.3 Å². The lowest BCUT2D eigenvalue weighted by molar-refractivity contribution is 0.666. The van der Waals surface area contributed by atoms with E-state index in [9.17, 15) is 5.26 Å². The third kappa shape index (κ3) is 5.17. The van der Waals surface area contributed by atoms with Crippen LogP contribution in [0.2, 0.25) is 0 Å². The predicted molar refractivity (Wildman–Crippen MR) is 205 cm³/mol. The lowest BCUT2D eigenvalue weighted by atomic mass is 9.79. The first-order chi connectivity index (χ1) is 25.0. The van der Waals surface area contributed by atoms with E-state index in [-0.39, 0.29) is 5.41 Å². The number of benzene rings is 6. The van der Waals surface area contributed by atoms with Gasteiger partial charge in [-0.15, -0.1) is 0 Å². The molecule has 0 fully saturated rings. The molecular formula is C46H31N5. The van der Waals surface area contributed by atoms with Gasteiger partial charge in [-0.25, -0.2) is 15.0 Å². The van der Waals surface area contributed by atoms with E-state index in [0.717, 1.165) is 55.3 Å². The van der Waals surface area contributed by atoms with Gasteiger partial charge in [0.2, 0.25) is 0 Å². The Hall–Kier alpha value is -6.77. The number of nitrogens with zero attached hydrogens (tertiary/aromatic N) is 5. The van der Waals surface area contributed by atoms with Crippen molar-refractivity contribution in [1.29, 1.82) is 5.26 Å². The van der Waals surface area contributed by atoms with Crippen molar-refractivity contribution in [2.24, 2.45) is 0 Å². The molecule has 5 heteroatoms. The maximum atomic E-state index is 10.1. The van der Waals surface area contributed by atoms with Gasteiger partial charge in [0, 0.05) is 40.1 Å². The number of rotatable bonds is 5. The molecule has 0 spiro atoms. The third-order valence-electron chi connectivity index (χ3n) is 9.99. The van der Waals surface area contributed by atoms with E-state index in [2.05, 4.69) is 91.6 Å². The van der Waals surface area contributed by atoms with Gasteiger partial charge in [-0.05, 0) is 86.1 Å². The molecule has 51 heavy (non-hydrogen) atoms. The smallest absolute Gasteiger partial charge is 0.164 e. The topological polar surface area (TPSA) is 75.3 Å². The molecule has 0 saturated carbocycles. The molecule has 0 unspecified atom stereocenters. The predicted octanol–water partition coefficient (Wildman–Crippen LogP) is 10.9. The molecule has 9 rings (SSSR count). The molecule has 8 aromatic rings. The van der Waals surface area contributed by atoms with Crippen molar-refractivity contribution in [2.45, 2.75) is 19.3 Å². The molecule has 0 aliphatic heterocycles. The molecule has 0 radical (unpaired) electrons. The Kier molecular flexibility index (Phi) is 7.12. The highest BCUT2D eigenvalue weighted by Gasteiger charge is 2.37. The zero-order valence-corrected chi connectivity index (χ0v) is 28.2. The largest absolute Gasteiger partial charge is 0.264 e. The molecule has 0 bridgehead atoms. The molecule has 240 valence electrons. The quantitative estimate of drug-likeness (QED) is 0.185. The maximum absolute atomic E-state index is 10.1. The Bertz CT molecular complexity index is 2600. The van der Waals surface area contributed by atoms with Crippen molar-refractivity contribution in [1.82, 2.24) is 19.9 Å². The molecule has 6 aromatic carbocycles. The minimum Gasteiger partial charge on any atom is -0.264 e. The second-order valence-corrected chi connectivity index (χ2v) is 13.5. The summed E-state index contributed by atoms with van der Waals surface area (Å²) in [5, 5.41) is 12.2. The zero-order valence-electron chi connectivity index (χ0n) is 28.2. The first kappa shape index (κ1) is 30.3. The summed E-state index contributed by atoms with van der Waals surface area (Å²) >= 11 is 0. The van der Waals surface area contributed by atoms with E-state index in [4.69, 9.17) is 15.0 Å². The van der Waals surface area contributed by atoms with Crippen LogP contribution in [0.15, 0.2) is 152 Å². The van der Waals surface area contributed by atoms with Crippen LogP contribution in [0.1, 0.15) is 30.5 Å². The third-order valence-corrected chi connectivity index (χ3v) is 9.99. The fraction of sp³-hybridized carbons (Fsp3) is 0.0652. The number of pyridine rings is 1. The monoisotopic (exact) mass is 653 g/mol. The van der Waals surface area contributed by atoms with E-state index in [1.54, 1.807) is 6.20 Å². The number of aromatic nitrogens is 4. The van der Waals surface area contributed by atoms with Gasteiger partial charge in [-0.2, -0.15) is 5.26 Å². The minimum absolute atomic E-state index is 0.276. The molecule has 5 nitrogen and oxygen atoms in total. The van der Waals surface area contributed by atoms with Crippen LogP contribution in [-0.4, -0.2) is 19.9 Å². The van der Waals surface area contributed by atoms with Crippen LogP contribution in [-0.2, 0) is 5.41 Å². The highest BCUT2D eigenvalue weighted by molar-refractivity contribution is 6.01. The van der Waals surface area contributed by atoms with Crippen molar-refractivity contribution in [2.75, 3.05) is 0 Å². The molecule has 0 atom stereocenters. The summed E-state index contributed by atoms with van der Waals surface area (Å²) in [7, 11) is 0. The van der Waals surface area contributed by atoms with E-state index in [1.807, 2.05) is 79.0 Å². The van der Waals surface area contributed by atoms with Crippen LogP contribution in [0, 0.1) is 11.3 Å². The van der Waals surface area contributed by atoms with Crippen LogP contribution in [0.3, 0.4) is 0 Å². The summed E-state index contributed by atoms with van der Waals surface area (Å²) < 4.78 is 0. The van der Waals surface area contributed by atoms with Gasteiger partial charge < -0.3 is 0 Å². The number of nitriles is 1. The van der Waals surface area contributed by atoms with Crippen molar-refractivity contribution >= 4 is 10.8 Å². The summed E-state index contributed by atoms with van der Waals surface area (Å²) in [6.07, 6.45) is 3.68. The van der Waals surface area contributed by atoms with E-state index in [0.29, 0.717) is 23.0 Å². The Morgan fingerprint density at radius 3 is 1.69 bits per heavy atom. The molecule has 1 aliphatic rings.